The Labute approximate surface area is 219 Å². The second-order valence-corrected chi connectivity index (χ2v) is 8.77. The molecule has 0 unspecified atom stereocenters. The Morgan fingerprint density at radius 3 is 1.43 bits per heavy atom. The zero-order valence-corrected chi connectivity index (χ0v) is 22.0. The maximum atomic E-state index is 6.34. The third-order valence-corrected chi connectivity index (χ3v) is 6.35. The van der Waals surface area contributed by atoms with Gasteiger partial charge in [-0.1, -0.05) is 36.4 Å². The zero-order valence-electron chi connectivity index (χ0n) is 22.0. The van der Waals surface area contributed by atoms with Crippen molar-refractivity contribution in [1.82, 2.24) is 0 Å². The highest BCUT2D eigenvalue weighted by Crippen LogP contribution is 2.38. The van der Waals surface area contributed by atoms with E-state index in [0.29, 0.717) is 11.5 Å². The van der Waals surface area contributed by atoms with Gasteiger partial charge in [-0.15, -0.1) is 0 Å². The van der Waals surface area contributed by atoms with Gasteiger partial charge in [-0.05, 0) is 90.4 Å². The number of rotatable bonds is 12. The van der Waals surface area contributed by atoms with E-state index in [1.165, 1.54) is 16.7 Å². The van der Waals surface area contributed by atoms with Crippen molar-refractivity contribution in [3.63, 3.8) is 0 Å². The number of aryl methyl sites for hydroxylation is 4. The standard InChI is InChI=1S/C32H34O5/c1-33-27-11-5-8-23(18-27)14-15-24-10-7-13-29(20-24)37-32-21-26(30(35-3)22-31(32)36-4)17-16-25-9-6-12-28(19-25)34-2/h5-13,18-22H,14-17H2,1-4H3. The predicted octanol–water partition coefficient (Wildman–Crippen LogP) is 7.08. The molecular weight excluding hydrogens is 464 g/mol. The first-order chi connectivity index (χ1) is 18.1. The Morgan fingerprint density at radius 1 is 0.432 bits per heavy atom. The van der Waals surface area contributed by atoms with Crippen LogP contribution in [0.15, 0.2) is 84.9 Å². The van der Waals surface area contributed by atoms with Crippen molar-refractivity contribution in [1.29, 1.82) is 0 Å². The fourth-order valence-corrected chi connectivity index (χ4v) is 4.32. The van der Waals surface area contributed by atoms with Crippen LogP contribution < -0.4 is 23.7 Å². The van der Waals surface area contributed by atoms with E-state index in [1.54, 1.807) is 28.4 Å². The van der Waals surface area contributed by atoms with Crippen LogP contribution in [0.2, 0.25) is 0 Å². The van der Waals surface area contributed by atoms with Gasteiger partial charge in [0.05, 0.1) is 28.4 Å². The van der Waals surface area contributed by atoms with Gasteiger partial charge in [0.15, 0.2) is 11.5 Å². The van der Waals surface area contributed by atoms with Crippen LogP contribution in [-0.2, 0) is 25.7 Å². The van der Waals surface area contributed by atoms with Crippen LogP contribution in [0.5, 0.6) is 34.5 Å². The molecule has 0 saturated heterocycles. The molecule has 4 aromatic carbocycles. The van der Waals surface area contributed by atoms with Crippen LogP contribution in [0, 0.1) is 0 Å². The van der Waals surface area contributed by atoms with Crippen molar-refractivity contribution in [2.75, 3.05) is 28.4 Å². The molecule has 0 N–H and O–H groups in total. The molecule has 0 saturated carbocycles. The SMILES string of the molecule is COc1cccc(CCc2cccc(Oc3cc(CCc4cccc(OC)c4)c(OC)cc3OC)c2)c1. The lowest BCUT2D eigenvalue weighted by Crippen LogP contribution is -1.99. The highest BCUT2D eigenvalue weighted by molar-refractivity contribution is 5.52. The first kappa shape index (κ1) is 26.0. The van der Waals surface area contributed by atoms with Crippen LogP contribution >= 0.6 is 0 Å². The second kappa shape index (κ2) is 12.7. The topological polar surface area (TPSA) is 46.2 Å². The van der Waals surface area contributed by atoms with Crippen molar-refractivity contribution in [2.24, 2.45) is 0 Å². The number of hydrogen-bond acceptors (Lipinski definition) is 5. The average molecular weight is 499 g/mol. The largest absolute Gasteiger partial charge is 0.497 e. The van der Waals surface area contributed by atoms with Crippen LogP contribution in [-0.4, -0.2) is 28.4 Å². The number of hydrogen-bond donors (Lipinski definition) is 0. The minimum atomic E-state index is 0.628. The molecule has 5 nitrogen and oxygen atoms in total. The summed E-state index contributed by atoms with van der Waals surface area (Å²) in [6, 6.07) is 28.4. The van der Waals surface area contributed by atoms with Gasteiger partial charge in [-0.3, -0.25) is 0 Å². The maximum absolute atomic E-state index is 6.34. The molecule has 192 valence electrons. The summed E-state index contributed by atoms with van der Waals surface area (Å²) >= 11 is 0. The maximum Gasteiger partial charge on any atom is 0.169 e. The van der Waals surface area contributed by atoms with E-state index in [2.05, 4.69) is 36.4 Å². The molecule has 0 bridgehead atoms. The Bertz CT molecular complexity index is 1310. The number of methoxy groups -OCH3 is 4. The van der Waals surface area contributed by atoms with Gasteiger partial charge < -0.3 is 23.7 Å². The first-order valence-electron chi connectivity index (χ1n) is 12.4. The molecule has 0 radical (unpaired) electrons. The van der Waals surface area contributed by atoms with Crippen LogP contribution in [0.3, 0.4) is 0 Å². The summed E-state index contributed by atoms with van der Waals surface area (Å²) in [5.74, 6) is 4.57. The highest BCUT2D eigenvalue weighted by Gasteiger charge is 2.14. The van der Waals surface area contributed by atoms with Gasteiger partial charge in [0.1, 0.15) is 23.0 Å². The Morgan fingerprint density at radius 2 is 0.919 bits per heavy atom. The summed E-state index contributed by atoms with van der Waals surface area (Å²) in [4.78, 5) is 0. The van der Waals surface area contributed by atoms with E-state index < -0.39 is 0 Å². The van der Waals surface area contributed by atoms with Crippen molar-refractivity contribution in [2.45, 2.75) is 25.7 Å². The van der Waals surface area contributed by atoms with E-state index in [0.717, 1.165) is 54.2 Å². The summed E-state index contributed by atoms with van der Waals surface area (Å²) in [5, 5.41) is 0. The molecule has 5 heteroatoms. The van der Waals surface area contributed by atoms with E-state index in [9.17, 15) is 0 Å². The molecule has 0 spiro atoms. The normalized spacial score (nSPS) is 10.6. The molecule has 37 heavy (non-hydrogen) atoms. The predicted molar refractivity (Wildman–Crippen MR) is 147 cm³/mol. The molecule has 4 rings (SSSR count). The summed E-state index contributed by atoms with van der Waals surface area (Å²) < 4.78 is 28.3. The van der Waals surface area contributed by atoms with Crippen LogP contribution in [0.1, 0.15) is 22.3 Å². The smallest absolute Gasteiger partial charge is 0.169 e. The van der Waals surface area contributed by atoms with Crippen molar-refractivity contribution in [3.8, 4) is 34.5 Å². The number of ether oxygens (including phenoxy) is 5. The average Bonchev–Trinajstić information content (AvgIpc) is 2.95. The second-order valence-electron chi connectivity index (χ2n) is 8.77. The molecule has 0 aliphatic carbocycles. The third-order valence-electron chi connectivity index (χ3n) is 6.35. The Kier molecular flexibility index (Phi) is 8.93. The lowest BCUT2D eigenvalue weighted by molar-refractivity contribution is 0.366. The van der Waals surface area contributed by atoms with Crippen molar-refractivity contribution >= 4 is 0 Å². The van der Waals surface area contributed by atoms with Crippen LogP contribution in [0.25, 0.3) is 0 Å². The minimum Gasteiger partial charge on any atom is -0.497 e. The number of benzene rings is 4. The lowest BCUT2D eigenvalue weighted by Gasteiger charge is -2.16. The summed E-state index contributed by atoms with van der Waals surface area (Å²) in [6.07, 6.45) is 3.45. The monoisotopic (exact) mass is 498 g/mol. The van der Waals surface area contributed by atoms with E-state index >= 15 is 0 Å². The molecule has 0 aliphatic heterocycles. The molecule has 0 amide bonds. The summed E-state index contributed by atoms with van der Waals surface area (Å²) in [5.41, 5.74) is 4.69. The quantitative estimate of drug-likeness (QED) is 0.209. The highest BCUT2D eigenvalue weighted by atomic mass is 16.5. The summed E-state index contributed by atoms with van der Waals surface area (Å²) in [6.45, 7) is 0. The molecule has 0 aliphatic rings. The molecular formula is C32H34O5. The van der Waals surface area contributed by atoms with Gasteiger partial charge in [0, 0.05) is 6.07 Å². The molecule has 0 heterocycles. The van der Waals surface area contributed by atoms with Gasteiger partial charge in [0.2, 0.25) is 0 Å². The lowest BCUT2D eigenvalue weighted by atomic mass is 10.0. The molecule has 0 fully saturated rings. The van der Waals surface area contributed by atoms with Crippen molar-refractivity contribution in [3.05, 3.63) is 107 Å². The van der Waals surface area contributed by atoms with Gasteiger partial charge in [0.25, 0.3) is 0 Å². The zero-order chi connectivity index (χ0) is 26.0. The van der Waals surface area contributed by atoms with Gasteiger partial charge in [-0.2, -0.15) is 0 Å². The van der Waals surface area contributed by atoms with E-state index in [-0.39, 0.29) is 0 Å². The van der Waals surface area contributed by atoms with E-state index in [4.69, 9.17) is 23.7 Å². The Hall–Kier alpha value is -4.12. The van der Waals surface area contributed by atoms with Gasteiger partial charge >= 0.3 is 0 Å². The fraction of sp³-hybridized carbons (Fsp3) is 0.250. The first-order valence-corrected chi connectivity index (χ1v) is 12.4. The van der Waals surface area contributed by atoms with E-state index in [1.807, 2.05) is 48.5 Å². The molecule has 0 atom stereocenters. The fourth-order valence-electron chi connectivity index (χ4n) is 4.32. The minimum absolute atomic E-state index is 0.628. The van der Waals surface area contributed by atoms with Crippen molar-refractivity contribution < 1.29 is 23.7 Å². The third kappa shape index (κ3) is 6.98. The van der Waals surface area contributed by atoms with Crippen LogP contribution in [0.4, 0.5) is 0 Å². The Balaban J connectivity index is 1.50. The van der Waals surface area contributed by atoms with Gasteiger partial charge in [-0.25, -0.2) is 0 Å². The molecule has 0 aromatic heterocycles. The molecule has 4 aromatic rings. The summed E-state index contributed by atoms with van der Waals surface area (Å²) in [7, 11) is 6.69.